The molecule has 2 rings (SSSR count). The Hall–Kier alpha value is -1.29. The van der Waals surface area contributed by atoms with Gasteiger partial charge in [-0.3, -0.25) is 9.59 Å². The van der Waals surface area contributed by atoms with Crippen LogP contribution in [0.25, 0.3) is 0 Å². The first-order valence-corrected chi connectivity index (χ1v) is 7.74. The fourth-order valence-electron chi connectivity index (χ4n) is 2.12. The van der Waals surface area contributed by atoms with Gasteiger partial charge in [0.25, 0.3) is 0 Å². The molecule has 102 valence electrons. The molecule has 1 aromatic carbocycles. The third kappa shape index (κ3) is 4.10. The molecule has 0 bridgehead atoms. The summed E-state index contributed by atoms with van der Waals surface area (Å²) in [7, 11) is 0. The summed E-state index contributed by atoms with van der Waals surface area (Å²) in [5.74, 6) is 1.80. The van der Waals surface area contributed by atoms with Crippen molar-refractivity contribution in [2.24, 2.45) is 0 Å². The Kier molecular flexibility index (Phi) is 5.02. The summed E-state index contributed by atoms with van der Waals surface area (Å²) in [6.07, 6.45) is 1.04. The summed E-state index contributed by atoms with van der Waals surface area (Å²) in [5, 5.41) is 0. The SMILES string of the molecule is Cc1ccccc1CSCC(=O)N1CCC(=O)CC1. The van der Waals surface area contributed by atoms with Gasteiger partial charge in [0.1, 0.15) is 5.78 Å². The van der Waals surface area contributed by atoms with Crippen LogP contribution in [0.1, 0.15) is 24.0 Å². The first-order valence-electron chi connectivity index (χ1n) is 6.58. The van der Waals surface area contributed by atoms with Crippen LogP contribution in [0.15, 0.2) is 24.3 Å². The van der Waals surface area contributed by atoms with Crippen molar-refractivity contribution < 1.29 is 9.59 Å². The van der Waals surface area contributed by atoms with Crippen molar-refractivity contribution in [3.63, 3.8) is 0 Å². The summed E-state index contributed by atoms with van der Waals surface area (Å²) in [6.45, 7) is 3.29. The molecule has 1 amide bonds. The van der Waals surface area contributed by atoms with Crippen LogP contribution in [0.2, 0.25) is 0 Å². The number of likely N-dealkylation sites (tertiary alicyclic amines) is 1. The van der Waals surface area contributed by atoms with Crippen LogP contribution in [0.5, 0.6) is 0 Å². The smallest absolute Gasteiger partial charge is 0.232 e. The zero-order valence-electron chi connectivity index (χ0n) is 11.2. The van der Waals surface area contributed by atoms with E-state index in [0.29, 0.717) is 31.7 Å². The van der Waals surface area contributed by atoms with Gasteiger partial charge in [0.2, 0.25) is 5.91 Å². The van der Waals surface area contributed by atoms with Gasteiger partial charge in [0, 0.05) is 31.7 Å². The molecule has 19 heavy (non-hydrogen) atoms. The zero-order chi connectivity index (χ0) is 13.7. The monoisotopic (exact) mass is 277 g/mol. The lowest BCUT2D eigenvalue weighted by Crippen LogP contribution is -2.39. The number of piperidine rings is 1. The summed E-state index contributed by atoms with van der Waals surface area (Å²) < 4.78 is 0. The largest absolute Gasteiger partial charge is 0.341 e. The molecule has 0 aromatic heterocycles. The predicted octanol–water partition coefficient (Wildman–Crippen LogP) is 2.42. The minimum atomic E-state index is 0.158. The van der Waals surface area contributed by atoms with E-state index in [1.165, 1.54) is 11.1 Å². The molecule has 3 nitrogen and oxygen atoms in total. The molecular weight excluding hydrogens is 258 g/mol. The van der Waals surface area contributed by atoms with Crippen LogP contribution >= 0.6 is 11.8 Å². The topological polar surface area (TPSA) is 37.4 Å². The van der Waals surface area contributed by atoms with Crippen molar-refractivity contribution in [1.29, 1.82) is 0 Å². The Morgan fingerprint density at radius 1 is 1.26 bits per heavy atom. The number of aryl methyl sites for hydroxylation is 1. The molecule has 0 saturated carbocycles. The number of Topliss-reactive ketones (excluding diaryl/α,β-unsaturated/α-hetero) is 1. The summed E-state index contributed by atoms with van der Waals surface area (Å²) in [6, 6.07) is 8.25. The van der Waals surface area contributed by atoms with E-state index in [1.54, 1.807) is 11.8 Å². The molecule has 0 spiro atoms. The average molecular weight is 277 g/mol. The molecule has 0 radical (unpaired) electrons. The van der Waals surface area contributed by atoms with E-state index in [9.17, 15) is 9.59 Å². The van der Waals surface area contributed by atoms with Gasteiger partial charge >= 0.3 is 0 Å². The van der Waals surface area contributed by atoms with Gasteiger partial charge < -0.3 is 4.90 Å². The van der Waals surface area contributed by atoms with Crippen LogP contribution in [-0.4, -0.2) is 35.4 Å². The van der Waals surface area contributed by atoms with E-state index in [1.807, 2.05) is 17.0 Å². The minimum Gasteiger partial charge on any atom is -0.341 e. The molecule has 1 heterocycles. The van der Waals surface area contributed by atoms with Crippen LogP contribution < -0.4 is 0 Å². The number of rotatable bonds is 4. The molecule has 0 aliphatic carbocycles. The van der Waals surface area contributed by atoms with Crippen molar-refractivity contribution in [3.8, 4) is 0 Å². The standard InChI is InChI=1S/C15H19NO2S/c1-12-4-2-3-5-13(12)10-19-11-15(18)16-8-6-14(17)7-9-16/h2-5H,6-11H2,1H3. The van der Waals surface area contributed by atoms with E-state index >= 15 is 0 Å². The summed E-state index contributed by atoms with van der Waals surface area (Å²) in [5.41, 5.74) is 2.56. The predicted molar refractivity (Wildman–Crippen MR) is 78.2 cm³/mol. The summed E-state index contributed by atoms with van der Waals surface area (Å²) >= 11 is 1.65. The second-order valence-corrected chi connectivity index (χ2v) is 5.82. The first-order chi connectivity index (χ1) is 9.16. The van der Waals surface area contributed by atoms with Gasteiger partial charge in [-0.15, -0.1) is 11.8 Å². The Bertz CT molecular complexity index is 463. The maximum absolute atomic E-state index is 12.0. The lowest BCUT2D eigenvalue weighted by Gasteiger charge is -2.25. The number of carbonyl (C=O) groups excluding carboxylic acids is 2. The molecule has 4 heteroatoms. The van der Waals surface area contributed by atoms with Crippen LogP contribution in [0.4, 0.5) is 0 Å². The molecule has 1 aromatic rings. The number of carbonyl (C=O) groups is 2. The van der Waals surface area contributed by atoms with E-state index in [-0.39, 0.29) is 11.7 Å². The zero-order valence-corrected chi connectivity index (χ0v) is 12.0. The van der Waals surface area contributed by atoms with Gasteiger partial charge in [0.05, 0.1) is 5.75 Å². The van der Waals surface area contributed by atoms with Gasteiger partial charge in [-0.05, 0) is 18.1 Å². The van der Waals surface area contributed by atoms with E-state index in [2.05, 4.69) is 19.1 Å². The van der Waals surface area contributed by atoms with Gasteiger partial charge in [-0.2, -0.15) is 0 Å². The number of thioether (sulfide) groups is 1. The minimum absolute atomic E-state index is 0.158. The normalized spacial score (nSPS) is 15.6. The lowest BCUT2D eigenvalue weighted by molar-refractivity contribution is -0.132. The quantitative estimate of drug-likeness (QED) is 0.848. The Morgan fingerprint density at radius 2 is 1.95 bits per heavy atom. The van der Waals surface area contributed by atoms with Crippen LogP contribution in [0.3, 0.4) is 0 Å². The van der Waals surface area contributed by atoms with Crippen molar-refractivity contribution in [2.75, 3.05) is 18.8 Å². The highest BCUT2D eigenvalue weighted by molar-refractivity contribution is 7.99. The fraction of sp³-hybridized carbons (Fsp3) is 0.467. The average Bonchev–Trinajstić information content (AvgIpc) is 2.41. The van der Waals surface area contributed by atoms with Crippen molar-refractivity contribution in [2.45, 2.75) is 25.5 Å². The lowest BCUT2D eigenvalue weighted by atomic mass is 10.1. The summed E-state index contributed by atoms with van der Waals surface area (Å²) in [4.78, 5) is 24.9. The molecule has 0 unspecified atom stereocenters. The van der Waals surface area contributed by atoms with Crippen molar-refractivity contribution in [1.82, 2.24) is 4.90 Å². The second kappa shape index (κ2) is 6.75. The maximum Gasteiger partial charge on any atom is 0.232 e. The van der Waals surface area contributed by atoms with E-state index in [4.69, 9.17) is 0 Å². The highest BCUT2D eigenvalue weighted by atomic mass is 32.2. The molecule has 0 N–H and O–H groups in total. The molecule has 0 atom stereocenters. The number of amides is 1. The first kappa shape index (κ1) is 14.1. The van der Waals surface area contributed by atoms with Gasteiger partial charge in [-0.1, -0.05) is 24.3 Å². The Labute approximate surface area is 118 Å². The molecule has 1 saturated heterocycles. The van der Waals surface area contributed by atoms with Crippen LogP contribution in [0, 0.1) is 6.92 Å². The van der Waals surface area contributed by atoms with Crippen molar-refractivity contribution in [3.05, 3.63) is 35.4 Å². The Balaban J connectivity index is 1.75. The Morgan fingerprint density at radius 3 is 2.63 bits per heavy atom. The molecular formula is C15H19NO2S. The number of hydrogen-bond donors (Lipinski definition) is 0. The third-order valence-electron chi connectivity index (χ3n) is 3.42. The highest BCUT2D eigenvalue weighted by Gasteiger charge is 2.20. The van der Waals surface area contributed by atoms with Gasteiger partial charge in [-0.25, -0.2) is 0 Å². The molecule has 1 fully saturated rings. The fourth-order valence-corrected chi connectivity index (χ4v) is 3.12. The highest BCUT2D eigenvalue weighted by Crippen LogP contribution is 2.17. The molecule has 1 aliphatic rings. The van der Waals surface area contributed by atoms with Crippen molar-refractivity contribution >= 4 is 23.5 Å². The van der Waals surface area contributed by atoms with Gasteiger partial charge in [0.15, 0.2) is 0 Å². The number of nitrogens with zero attached hydrogens (tertiary/aromatic N) is 1. The third-order valence-corrected chi connectivity index (χ3v) is 4.38. The number of benzene rings is 1. The molecule has 1 aliphatic heterocycles. The second-order valence-electron chi connectivity index (χ2n) is 4.84. The maximum atomic E-state index is 12.0. The van der Waals surface area contributed by atoms with Crippen LogP contribution in [-0.2, 0) is 15.3 Å². The number of hydrogen-bond acceptors (Lipinski definition) is 3. The number of ketones is 1. The van der Waals surface area contributed by atoms with E-state index < -0.39 is 0 Å². The van der Waals surface area contributed by atoms with E-state index in [0.717, 1.165) is 5.75 Å².